The number of thioether (sulfide) groups is 1. The molecule has 0 aliphatic rings. The molecule has 138 valence electrons. The summed E-state index contributed by atoms with van der Waals surface area (Å²) >= 11 is 3.00. The van der Waals surface area contributed by atoms with Crippen LogP contribution in [0.5, 0.6) is 0 Å². The van der Waals surface area contributed by atoms with Crippen LogP contribution in [0.3, 0.4) is 0 Å². The molecule has 0 fully saturated rings. The Morgan fingerprint density at radius 2 is 2.15 bits per heavy atom. The van der Waals surface area contributed by atoms with Crippen LogP contribution in [0, 0.1) is 0 Å². The quantitative estimate of drug-likeness (QED) is 0.463. The molecule has 4 rings (SSSR count). The minimum Gasteiger partial charge on any atom is -0.458 e. The van der Waals surface area contributed by atoms with Crippen LogP contribution in [0.1, 0.15) is 11.5 Å². The Hall–Kier alpha value is -2.65. The SMILES string of the molecule is CSCc1nc2ccccc2n1CC(=O)OCc1cc(=O)n2ccsc2n1. The predicted molar refractivity (Wildman–Crippen MR) is 106 cm³/mol. The highest BCUT2D eigenvalue weighted by Gasteiger charge is 2.14. The third-order valence-electron chi connectivity index (χ3n) is 4.03. The molecule has 27 heavy (non-hydrogen) atoms. The van der Waals surface area contributed by atoms with Crippen molar-refractivity contribution in [1.29, 1.82) is 0 Å². The van der Waals surface area contributed by atoms with Gasteiger partial charge in [-0.3, -0.25) is 14.0 Å². The van der Waals surface area contributed by atoms with Crippen LogP contribution >= 0.6 is 23.1 Å². The van der Waals surface area contributed by atoms with Crippen LogP contribution in [0.4, 0.5) is 0 Å². The molecule has 0 unspecified atom stereocenters. The van der Waals surface area contributed by atoms with Gasteiger partial charge in [0.25, 0.3) is 5.56 Å². The monoisotopic (exact) mass is 400 g/mol. The molecule has 9 heteroatoms. The maximum absolute atomic E-state index is 12.4. The highest BCUT2D eigenvalue weighted by molar-refractivity contribution is 7.97. The summed E-state index contributed by atoms with van der Waals surface area (Å²) in [7, 11) is 0. The summed E-state index contributed by atoms with van der Waals surface area (Å²) in [6.45, 7) is 0.0313. The van der Waals surface area contributed by atoms with E-state index in [4.69, 9.17) is 4.74 Å². The van der Waals surface area contributed by atoms with Crippen LogP contribution < -0.4 is 5.56 Å². The molecule has 7 nitrogen and oxygen atoms in total. The first-order valence-corrected chi connectivity index (χ1v) is 10.5. The number of nitrogens with zero attached hydrogens (tertiary/aromatic N) is 4. The van der Waals surface area contributed by atoms with Crippen molar-refractivity contribution in [2.24, 2.45) is 0 Å². The van der Waals surface area contributed by atoms with Crippen molar-refractivity contribution in [3.8, 4) is 0 Å². The smallest absolute Gasteiger partial charge is 0.326 e. The Balaban J connectivity index is 1.51. The Bertz CT molecular complexity index is 1180. The highest BCUT2D eigenvalue weighted by Crippen LogP contribution is 2.19. The van der Waals surface area contributed by atoms with Gasteiger partial charge in [-0.05, 0) is 18.4 Å². The first kappa shape index (κ1) is 17.7. The normalized spacial score (nSPS) is 11.3. The Kier molecular flexibility index (Phi) is 4.95. The van der Waals surface area contributed by atoms with E-state index in [1.807, 2.05) is 35.1 Å². The van der Waals surface area contributed by atoms with Crippen molar-refractivity contribution in [3.63, 3.8) is 0 Å². The lowest BCUT2D eigenvalue weighted by molar-refractivity contribution is -0.145. The van der Waals surface area contributed by atoms with E-state index in [1.165, 1.54) is 21.8 Å². The number of rotatable bonds is 6. The highest BCUT2D eigenvalue weighted by atomic mass is 32.2. The molecule has 3 aromatic heterocycles. The van der Waals surface area contributed by atoms with E-state index in [1.54, 1.807) is 23.3 Å². The van der Waals surface area contributed by atoms with Gasteiger partial charge in [0.1, 0.15) is 19.0 Å². The summed E-state index contributed by atoms with van der Waals surface area (Å²) in [6, 6.07) is 9.09. The molecule has 0 aliphatic carbocycles. The molecule has 0 bridgehead atoms. The molecular formula is C18H16N4O3S2. The average molecular weight is 400 g/mol. The summed E-state index contributed by atoms with van der Waals surface area (Å²) in [5, 5.41) is 1.79. The Morgan fingerprint density at radius 1 is 1.30 bits per heavy atom. The van der Waals surface area contributed by atoms with Gasteiger partial charge in [-0.1, -0.05) is 12.1 Å². The summed E-state index contributed by atoms with van der Waals surface area (Å²) in [6.07, 6.45) is 3.66. The zero-order valence-corrected chi connectivity index (χ0v) is 16.1. The van der Waals surface area contributed by atoms with Gasteiger partial charge in [-0.15, -0.1) is 11.3 Å². The number of thiazole rings is 1. The van der Waals surface area contributed by atoms with Crippen molar-refractivity contribution in [1.82, 2.24) is 18.9 Å². The second-order valence-corrected chi connectivity index (χ2v) is 7.58. The molecule has 1 aromatic carbocycles. The zero-order valence-electron chi connectivity index (χ0n) is 14.5. The molecule has 4 aromatic rings. The summed E-state index contributed by atoms with van der Waals surface area (Å²) < 4.78 is 8.70. The van der Waals surface area contributed by atoms with Crippen molar-refractivity contribution in [2.75, 3.05) is 6.26 Å². The van der Waals surface area contributed by atoms with E-state index in [-0.39, 0.29) is 18.7 Å². The lowest BCUT2D eigenvalue weighted by Crippen LogP contribution is -2.17. The van der Waals surface area contributed by atoms with Crippen LogP contribution in [-0.4, -0.2) is 31.2 Å². The molecule has 0 N–H and O–H groups in total. The second kappa shape index (κ2) is 7.53. The molecule has 3 heterocycles. The fraction of sp³-hybridized carbons (Fsp3) is 0.222. The van der Waals surface area contributed by atoms with Gasteiger partial charge in [0.05, 0.1) is 22.5 Å². The number of esters is 1. The maximum atomic E-state index is 12.4. The largest absolute Gasteiger partial charge is 0.458 e. The van der Waals surface area contributed by atoms with Crippen molar-refractivity contribution in [2.45, 2.75) is 18.9 Å². The second-order valence-electron chi connectivity index (χ2n) is 5.84. The summed E-state index contributed by atoms with van der Waals surface area (Å²) in [5.74, 6) is 1.14. The Morgan fingerprint density at radius 3 is 3.00 bits per heavy atom. The third kappa shape index (κ3) is 3.60. The first-order valence-electron chi connectivity index (χ1n) is 8.20. The summed E-state index contributed by atoms with van der Waals surface area (Å²) in [5.41, 5.74) is 2.01. The van der Waals surface area contributed by atoms with Gasteiger partial charge < -0.3 is 9.30 Å². The number of hydrogen-bond donors (Lipinski definition) is 0. The van der Waals surface area contributed by atoms with Crippen molar-refractivity contribution < 1.29 is 9.53 Å². The standard InChI is InChI=1S/C18H16N4O3S2/c1-26-11-15-20-13-4-2-3-5-14(13)22(15)9-17(24)25-10-12-8-16(23)21-6-7-27-18(21)19-12/h2-8H,9-11H2,1H3. The minimum atomic E-state index is -0.395. The topological polar surface area (TPSA) is 78.5 Å². The number of hydrogen-bond acceptors (Lipinski definition) is 7. The number of para-hydroxylation sites is 2. The number of imidazole rings is 1. The molecule has 0 saturated heterocycles. The van der Waals surface area contributed by atoms with Gasteiger partial charge in [0.15, 0.2) is 4.96 Å². The molecular weight excluding hydrogens is 384 g/mol. The van der Waals surface area contributed by atoms with Crippen LogP contribution in [-0.2, 0) is 28.4 Å². The van der Waals surface area contributed by atoms with Crippen LogP contribution in [0.2, 0.25) is 0 Å². The fourth-order valence-corrected chi connectivity index (χ4v) is 4.05. The number of carbonyl (C=O) groups excluding carboxylic acids is 1. The lowest BCUT2D eigenvalue weighted by Gasteiger charge is -2.09. The third-order valence-corrected chi connectivity index (χ3v) is 5.34. The fourth-order valence-electron chi connectivity index (χ4n) is 2.83. The number of carbonyl (C=O) groups is 1. The van der Waals surface area contributed by atoms with E-state index in [0.717, 1.165) is 16.9 Å². The molecule has 0 radical (unpaired) electrons. The number of benzene rings is 1. The minimum absolute atomic E-state index is 0.0348. The van der Waals surface area contributed by atoms with E-state index in [0.29, 0.717) is 16.4 Å². The zero-order chi connectivity index (χ0) is 18.8. The van der Waals surface area contributed by atoms with Crippen molar-refractivity contribution in [3.05, 3.63) is 63.8 Å². The Labute approximate surface area is 162 Å². The maximum Gasteiger partial charge on any atom is 0.326 e. The van der Waals surface area contributed by atoms with Gasteiger partial charge >= 0.3 is 5.97 Å². The van der Waals surface area contributed by atoms with E-state index in [2.05, 4.69) is 9.97 Å². The molecule has 0 aliphatic heterocycles. The van der Waals surface area contributed by atoms with E-state index in [9.17, 15) is 9.59 Å². The molecule has 0 spiro atoms. The molecule has 0 amide bonds. The van der Waals surface area contributed by atoms with E-state index < -0.39 is 5.97 Å². The van der Waals surface area contributed by atoms with Gasteiger partial charge in [-0.2, -0.15) is 11.8 Å². The number of ether oxygens (including phenoxy) is 1. The van der Waals surface area contributed by atoms with Gasteiger partial charge in [0, 0.05) is 17.6 Å². The van der Waals surface area contributed by atoms with Crippen LogP contribution in [0.25, 0.3) is 16.0 Å². The van der Waals surface area contributed by atoms with E-state index >= 15 is 0 Å². The predicted octanol–water partition coefficient (Wildman–Crippen LogP) is 2.71. The number of fused-ring (bicyclic) bond motifs is 2. The van der Waals surface area contributed by atoms with Gasteiger partial charge in [-0.25, -0.2) is 9.97 Å². The molecule has 0 atom stereocenters. The summed E-state index contributed by atoms with van der Waals surface area (Å²) in [4.78, 5) is 33.9. The van der Waals surface area contributed by atoms with Crippen LogP contribution in [0.15, 0.2) is 46.7 Å². The lowest BCUT2D eigenvalue weighted by atomic mass is 10.3. The number of aromatic nitrogens is 4. The first-order chi connectivity index (χ1) is 13.2. The van der Waals surface area contributed by atoms with Crippen molar-refractivity contribution >= 4 is 45.1 Å². The average Bonchev–Trinajstić information content (AvgIpc) is 3.26. The molecule has 0 saturated carbocycles. The van der Waals surface area contributed by atoms with Gasteiger partial charge in [0.2, 0.25) is 0 Å².